The van der Waals surface area contributed by atoms with Crippen LogP contribution < -0.4 is 10.3 Å². The molecule has 1 atom stereocenters. The Morgan fingerprint density at radius 3 is 2.25 bits per heavy atom. The van der Waals surface area contributed by atoms with E-state index in [0.29, 0.717) is 22.6 Å². The van der Waals surface area contributed by atoms with Gasteiger partial charge in [0.2, 0.25) is 11.2 Å². The highest BCUT2D eigenvalue weighted by Gasteiger charge is 2.58. The van der Waals surface area contributed by atoms with Crippen LogP contribution in [-0.2, 0) is 17.4 Å². The second kappa shape index (κ2) is 9.31. The van der Waals surface area contributed by atoms with E-state index >= 15 is 0 Å². The molecule has 2 aromatic carbocycles. The Labute approximate surface area is 205 Å². The van der Waals surface area contributed by atoms with Crippen LogP contribution >= 0.6 is 0 Å². The van der Waals surface area contributed by atoms with Crippen molar-refractivity contribution in [2.45, 2.75) is 30.5 Å². The molecule has 0 saturated heterocycles. The number of nitrogens with zero attached hydrogens (tertiary/aromatic N) is 1. The number of ether oxygens (including phenoxy) is 2. The lowest BCUT2D eigenvalue weighted by atomic mass is 9.81. The van der Waals surface area contributed by atoms with Gasteiger partial charge in [-0.05, 0) is 77.9 Å². The molecule has 0 bridgehead atoms. The molecular weight excluding hydrogens is 475 g/mol. The van der Waals surface area contributed by atoms with Gasteiger partial charge in [-0.25, -0.2) is 4.79 Å². The summed E-state index contributed by atoms with van der Waals surface area (Å²) in [5, 5.41) is 11.1. The van der Waals surface area contributed by atoms with Gasteiger partial charge in [0.1, 0.15) is 11.5 Å². The Bertz CT molecular complexity index is 1370. The second-order valence-corrected chi connectivity index (χ2v) is 8.69. The van der Waals surface area contributed by atoms with Crippen LogP contribution in [0.2, 0.25) is 0 Å². The third-order valence-corrected chi connectivity index (χ3v) is 6.23. The maximum absolute atomic E-state index is 14.3. The quantitative estimate of drug-likeness (QED) is 0.446. The summed E-state index contributed by atoms with van der Waals surface area (Å²) in [5.41, 5.74) is -3.86. The third kappa shape index (κ3) is 4.66. The molecule has 0 radical (unpaired) electrons. The number of benzene rings is 2. The number of hydrogen-bond donors (Lipinski definition) is 1. The van der Waals surface area contributed by atoms with Crippen LogP contribution in [0.5, 0.6) is 11.5 Å². The van der Waals surface area contributed by atoms with E-state index in [0.717, 1.165) is 35.7 Å². The molecule has 1 N–H and O–H groups in total. The van der Waals surface area contributed by atoms with Crippen molar-refractivity contribution in [2.24, 2.45) is 7.05 Å². The summed E-state index contributed by atoms with van der Waals surface area (Å²) in [6.45, 7) is 3.67. The monoisotopic (exact) mass is 499 g/mol. The molecule has 6 nitrogen and oxygen atoms in total. The Morgan fingerprint density at radius 2 is 1.69 bits per heavy atom. The Kier molecular flexibility index (Phi) is 6.53. The van der Waals surface area contributed by atoms with Gasteiger partial charge in [-0.3, -0.25) is 4.79 Å². The van der Waals surface area contributed by atoms with E-state index in [2.05, 4.69) is 11.3 Å². The minimum atomic E-state index is -5.10. The molecule has 0 unspecified atom stereocenters. The van der Waals surface area contributed by atoms with Crippen LogP contribution in [0.4, 0.5) is 13.2 Å². The van der Waals surface area contributed by atoms with Crippen LogP contribution in [0.15, 0.2) is 72.2 Å². The molecule has 0 aliphatic heterocycles. The highest BCUT2D eigenvalue weighted by Crippen LogP contribution is 2.51. The van der Waals surface area contributed by atoms with Crippen LogP contribution in [0.25, 0.3) is 5.57 Å². The summed E-state index contributed by atoms with van der Waals surface area (Å²) in [7, 11) is 2.59. The number of carbonyl (C=O) groups is 1. The molecule has 9 heteroatoms. The van der Waals surface area contributed by atoms with Gasteiger partial charge in [0.15, 0.2) is 0 Å². The number of hydrogen-bond acceptors (Lipinski definition) is 5. The van der Waals surface area contributed by atoms with E-state index in [1.165, 1.54) is 38.4 Å². The summed E-state index contributed by atoms with van der Waals surface area (Å²) >= 11 is 0. The molecule has 1 fully saturated rings. The van der Waals surface area contributed by atoms with Crippen molar-refractivity contribution >= 4 is 11.5 Å². The zero-order chi connectivity index (χ0) is 26.3. The minimum Gasteiger partial charge on any atom is -0.465 e. The number of aromatic nitrogens is 1. The number of aryl methyl sites for hydroxylation is 1. The van der Waals surface area contributed by atoms with Gasteiger partial charge in [-0.2, -0.15) is 13.2 Å². The van der Waals surface area contributed by atoms with E-state index in [-0.39, 0.29) is 11.5 Å². The predicted octanol–water partition coefficient (Wildman–Crippen LogP) is 5.30. The molecule has 1 aliphatic rings. The van der Waals surface area contributed by atoms with Gasteiger partial charge in [-0.15, -0.1) is 0 Å². The molecule has 4 rings (SSSR count). The van der Waals surface area contributed by atoms with Crippen LogP contribution in [0.3, 0.4) is 0 Å². The summed E-state index contributed by atoms with van der Waals surface area (Å²) in [5.74, 6) is 0.320. The van der Waals surface area contributed by atoms with Crippen molar-refractivity contribution in [3.8, 4) is 11.5 Å². The molecule has 188 valence electrons. The van der Waals surface area contributed by atoms with Gasteiger partial charge in [0, 0.05) is 24.9 Å². The fourth-order valence-corrected chi connectivity index (χ4v) is 4.04. The lowest BCUT2D eigenvalue weighted by Gasteiger charge is -2.34. The zero-order valence-corrected chi connectivity index (χ0v) is 19.6. The number of alkyl halides is 3. The van der Waals surface area contributed by atoms with Crippen molar-refractivity contribution in [1.82, 2.24) is 4.57 Å². The number of rotatable bonds is 7. The van der Waals surface area contributed by atoms with Crippen molar-refractivity contribution in [3.63, 3.8) is 0 Å². The minimum absolute atomic E-state index is 0.000358. The molecule has 3 aromatic rings. The van der Waals surface area contributed by atoms with Crippen molar-refractivity contribution in [1.29, 1.82) is 0 Å². The second-order valence-electron chi connectivity index (χ2n) is 8.69. The van der Waals surface area contributed by atoms with Gasteiger partial charge < -0.3 is 19.1 Å². The first-order valence-electron chi connectivity index (χ1n) is 11.1. The number of carbonyl (C=O) groups excluding carboxylic acids is 1. The fourth-order valence-electron chi connectivity index (χ4n) is 4.04. The standard InChI is InChI=1S/C27H24F3NO5/c1-16(26(34,27(28,29)30)19-8-13-24(32)31(2)15-19)22-12-11-21(14-23(22)17-4-5-17)36-20-9-6-18(7-10-20)25(33)35-3/h6-15,17,34H,1,4-5H2,2-3H3/t26-/m1/s1. The lowest BCUT2D eigenvalue weighted by Crippen LogP contribution is -2.44. The molecule has 1 aliphatic carbocycles. The smallest absolute Gasteiger partial charge is 0.425 e. The first kappa shape index (κ1) is 25.2. The number of aliphatic hydroxyl groups is 1. The number of esters is 1. The Balaban J connectivity index is 1.71. The average Bonchev–Trinajstić information content (AvgIpc) is 3.69. The number of halogens is 3. The van der Waals surface area contributed by atoms with Crippen molar-refractivity contribution < 1.29 is 32.5 Å². The predicted molar refractivity (Wildman–Crippen MR) is 127 cm³/mol. The maximum atomic E-state index is 14.3. The van der Waals surface area contributed by atoms with E-state index in [1.807, 2.05) is 0 Å². The van der Waals surface area contributed by atoms with Gasteiger partial charge >= 0.3 is 12.1 Å². The summed E-state index contributed by atoms with van der Waals surface area (Å²) in [4.78, 5) is 23.3. The molecule has 0 amide bonds. The van der Waals surface area contributed by atoms with E-state index in [1.54, 1.807) is 18.2 Å². The molecule has 0 spiro atoms. The average molecular weight is 499 g/mol. The highest BCUT2D eigenvalue weighted by molar-refractivity contribution is 5.89. The highest BCUT2D eigenvalue weighted by atomic mass is 19.4. The summed E-state index contributed by atoms with van der Waals surface area (Å²) in [6, 6.07) is 12.8. The van der Waals surface area contributed by atoms with Gasteiger partial charge in [0.25, 0.3) is 0 Å². The van der Waals surface area contributed by atoms with Crippen LogP contribution in [0, 0.1) is 0 Å². The summed E-state index contributed by atoms with van der Waals surface area (Å²) < 4.78 is 54.5. The first-order chi connectivity index (χ1) is 17.0. The SMILES string of the molecule is C=C(c1ccc(Oc2ccc(C(=O)OC)cc2)cc1C1CC1)[C@@](O)(c1ccc(=O)n(C)c1)C(F)(F)F. The number of methoxy groups -OCH3 is 1. The molecule has 1 heterocycles. The van der Waals surface area contributed by atoms with Gasteiger partial charge in [0.05, 0.1) is 12.7 Å². The van der Waals surface area contributed by atoms with Crippen LogP contribution in [0.1, 0.15) is 45.8 Å². The maximum Gasteiger partial charge on any atom is 0.425 e. The normalized spacial score (nSPS) is 15.2. The van der Waals surface area contributed by atoms with Crippen molar-refractivity contribution in [3.05, 3.63) is 100.0 Å². The van der Waals surface area contributed by atoms with Crippen LogP contribution in [-0.4, -0.2) is 28.9 Å². The largest absolute Gasteiger partial charge is 0.465 e. The van der Waals surface area contributed by atoms with E-state index < -0.39 is 34.4 Å². The van der Waals surface area contributed by atoms with E-state index in [4.69, 9.17) is 4.74 Å². The molecule has 1 saturated carbocycles. The third-order valence-electron chi connectivity index (χ3n) is 6.23. The number of pyridine rings is 1. The topological polar surface area (TPSA) is 77.8 Å². The van der Waals surface area contributed by atoms with Crippen molar-refractivity contribution in [2.75, 3.05) is 7.11 Å². The zero-order valence-electron chi connectivity index (χ0n) is 19.6. The Hall–Kier alpha value is -3.85. The lowest BCUT2D eigenvalue weighted by molar-refractivity contribution is -0.240. The van der Waals surface area contributed by atoms with E-state index in [9.17, 15) is 27.9 Å². The summed E-state index contributed by atoms with van der Waals surface area (Å²) in [6.07, 6.45) is -2.57. The Morgan fingerprint density at radius 1 is 1.06 bits per heavy atom. The fraction of sp³-hybridized carbons (Fsp3) is 0.259. The first-order valence-corrected chi connectivity index (χ1v) is 11.1. The van der Waals surface area contributed by atoms with Gasteiger partial charge in [-0.1, -0.05) is 12.6 Å². The molecular formula is C27H24F3NO5. The molecule has 36 heavy (non-hydrogen) atoms. The molecule has 1 aromatic heterocycles.